The first-order valence-corrected chi connectivity index (χ1v) is 9.42. The quantitative estimate of drug-likeness (QED) is 0.781. The van der Waals surface area contributed by atoms with Crippen LogP contribution in [0.3, 0.4) is 0 Å². The van der Waals surface area contributed by atoms with Crippen molar-refractivity contribution in [1.82, 2.24) is 0 Å². The lowest BCUT2D eigenvalue weighted by Crippen LogP contribution is -2.28. The Labute approximate surface area is 143 Å². The second-order valence-corrected chi connectivity index (χ2v) is 7.46. The predicted octanol–water partition coefficient (Wildman–Crippen LogP) is 2.36. The van der Waals surface area contributed by atoms with Gasteiger partial charge in [-0.25, -0.2) is 18.5 Å². The molecule has 2 N–H and O–H groups in total. The zero-order valence-corrected chi connectivity index (χ0v) is 14.4. The minimum absolute atomic E-state index is 0.194. The first-order chi connectivity index (χ1) is 11.5. The van der Waals surface area contributed by atoms with Gasteiger partial charge in [0.15, 0.2) is 6.04 Å². The molecule has 24 heavy (non-hydrogen) atoms. The van der Waals surface area contributed by atoms with E-state index >= 15 is 0 Å². The van der Waals surface area contributed by atoms with Crippen LogP contribution in [0.15, 0.2) is 65.0 Å². The molecule has 0 aliphatic rings. The summed E-state index contributed by atoms with van der Waals surface area (Å²) in [5, 5.41) is 5.86. The van der Waals surface area contributed by atoms with E-state index in [0.717, 1.165) is 11.1 Å². The highest BCUT2D eigenvalue weighted by Gasteiger charge is 2.21. The molecule has 0 amide bonds. The SMILES string of the molecule is COC(=O)[C@H](Cc1ccccc1)N=S(N)(=O)CCc1ccccc1. The van der Waals surface area contributed by atoms with Crippen LogP contribution in [0.25, 0.3) is 0 Å². The zero-order chi connectivity index (χ0) is 17.4. The Hall–Kier alpha value is -2.18. The number of carbonyl (C=O) groups is 1. The van der Waals surface area contributed by atoms with Crippen molar-refractivity contribution in [1.29, 1.82) is 0 Å². The second-order valence-electron chi connectivity index (χ2n) is 5.46. The molecular formula is C18H22N2O3S. The van der Waals surface area contributed by atoms with Gasteiger partial charge in [-0.15, -0.1) is 0 Å². The highest BCUT2D eigenvalue weighted by atomic mass is 32.2. The first kappa shape index (κ1) is 18.2. The van der Waals surface area contributed by atoms with Crippen LogP contribution in [-0.4, -0.2) is 29.1 Å². The maximum absolute atomic E-state index is 12.6. The summed E-state index contributed by atoms with van der Waals surface area (Å²) in [6, 6.07) is 18.2. The molecule has 0 heterocycles. The van der Waals surface area contributed by atoms with Gasteiger partial charge in [0.05, 0.1) is 7.11 Å². The number of ether oxygens (including phenoxy) is 1. The number of methoxy groups -OCH3 is 1. The molecule has 0 fully saturated rings. The Morgan fingerprint density at radius 2 is 1.62 bits per heavy atom. The van der Waals surface area contributed by atoms with Crippen molar-refractivity contribution in [3.63, 3.8) is 0 Å². The molecule has 2 rings (SSSR count). The summed E-state index contributed by atoms with van der Waals surface area (Å²) in [6.45, 7) is 0. The van der Waals surface area contributed by atoms with Crippen LogP contribution in [0.4, 0.5) is 0 Å². The van der Waals surface area contributed by atoms with Gasteiger partial charge in [0.25, 0.3) is 0 Å². The van der Waals surface area contributed by atoms with Gasteiger partial charge in [-0.3, -0.25) is 0 Å². The van der Waals surface area contributed by atoms with Gasteiger partial charge in [0.1, 0.15) is 9.92 Å². The number of benzene rings is 2. The van der Waals surface area contributed by atoms with E-state index < -0.39 is 21.9 Å². The van der Waals surface area contributed by atoms with Gasteiger partial charge >= 0.3 is 5.97 Å². The molecule has 0 aromatic heterocycles. The summed E-state index contributed by atoms with van der Waals surface area (Å²) in [5.41, 5.74) is 1.94. The maximum atomic E-state index is 12.6. The van der Waals surface area contributed by atoms with E-state index in [9.17, 15) is 9.00 Å². The highest BCUT2D eigenvalue weighted by molar-refractivity contribution is 7.91. The molecule has 1 unspecified atom stereocenters. The normalized spacial score (nSPS) is 14.4. The van der Waals surface area contributed by atoms with Crippen LogP contribution in [0.1, 0.15) is 11.1 Å². The van der Waals surface area contributed by atoms with Gasteiger partial charge < -0.3 is 4.74 Å². The molecule has 2 atom stereocenters. The summed E-state index contributed by atoms with van der Waals surface area (Å²) in [6.07, 6.45) is 0.853. The van der Waals surface area contributed by atoms with Crippen molar-refractivity contribution in [3.8, 4) is 0 Å². The van der Waals surface area contributed by atoms with Crippen LogP contribution >= 0.6 is 0 Å². The van der Waals surface area contributed by atoms with E-state index in [-0.39, 0.29) is 5.75 Å². The van der Waals surface area contributed by atoms with E-state index in [4.69, 9.17) is 9.88 Å². The number of hydrogen-bond acceptors (Lipinski definition) is 4. The molecule has 0 radical (unpaired) electrons. The predicted molar refractivity (Wildman–Crippen MR) is 95.7 cm³/mol. The van der Waals surface area contributed by atoms with Crippen molar-refractivity contribution >= 4 is 15.9 Å². The number of carbonyl (C=O) groups excluding carboxylic acids is 1. The first-order valence-electron chi connectivity index (χ1n) is 7.67. The van der Waals surface area contributed by atoms with Gasteiger partial charge in [-0.2, -0.15) is 0 Å². The number of esters is 1. The molecule has 2 aromatic rings. The maximum Gasteiger partial charge on any atom is 0.331 e. The van der Waals surface area contributed by atoms with Gasteiger partial charge in [0.2, 0.25) is 0 Å². The van der Waals surface area contributed by atoms with E-state index in [0.29, 0.717) is 12.8 Å². The molecule has 0 aliphatic heterocycles. The number of aryl methyl sites for hydroxylation is 1. The second kappa shape index (κ2) is 8.61. The lowest BCUT2D eigenvalue weighted by Gasteiger charge is -2.13. The van der Waals surface area contributed by atoms with Gasteiger partial charge in [0, 0.05) is 12.2 Å². The topological polar surface area (TPSA) is 81.8 Å². The smallest absolute Gasteiger partial charge is 0.331 e. The fourth-order valence-corrected chi connectivity index (χ4v) is 3.54. The van der Waals surface area contributed by atoms with Crippen LogP contribution in [-0.2, 0) is 32.3 Å². The molecule has 128 valence electrons. The Morgan fingerprint density at radius 1 is 1.08 bits per heavy atom. The summed E-state index contributed by atoms with van der Waals surface area (Å²) in [7, 11) is -1.69. The van der Waals surface area contributed by atoms with Crippen molar-refractivity contribution in [2.75, 3.05) is 12.9 Å². The van der Waals surface area contributed by atoms with Crippen molar-refractivity contribution < 1.29 is 13.7 Å². The van der Waals surface area contributed by atoms with Gasteiger partial charge in [-0.05, 0) is 17.5 Å². The molecule has 0 aliphatic carbocycles. The number of hydrogen-bond donors (Lipinski definition) is 1. The fourth-order valence-electron chi connectivity index (χ4n) is 2.31. The van der Waals surface area contributed by atoms with Crippen LogP contribution in [0.2, 0.25) is 0 Å². The Balaban J connectivity index is 2.14. The average Bonchev–Trinajstić information content (AvgIpc) is 2.60. The lowest BCUT2D eigenvalue weighted by atomic mass is 10.1. The van der Waals surface area contributed by atoms with E-state index in [1.54, 1.807) is 0 Å². The standard InChI is InChI=1S/C18H22N2O3S/c1-23-18(21)17(14-16-10-6-3-7-11-16)20-24(19,22)13-12-15-8-4-2-5-9-15/h2-11,17H,12-14H2,1H3,(H2,19,20,22)/t17-,24?/m0/s1. The molecule has 5 nitrogen and oxygen atoms in total. The van der Waals surface area contributed by atoms with Crippen LogP contribution in [0.5, 0.6) is 0 Å². The monoisotopic (exact) mass is 346 g/mol. The third-order valence-electron chi connectivity index (χ3n) is 3.58. The number of nitrogens with two attached hydrogens (primary N) is 1. The summed E-state index contributed by atoms with van der Waals surface area (Å²) < 4.78 is 21.5. The molecule has 2 aromatic carbocycles. The average molecular weight is 346 g/mol. The third-order valence-corrected chi connectivity index (χ3v) is 4.98. The Bertz CT molecular complexity index is 769. The lowest BCUT2D eigenvalue weighted by molar-refractivity contribution is -0.142. The van der Waals surface area contributed by atoms with E-state index in [1.807, 2.05) is 60.7 Å². The van der Waals surface area contributed by atoms with Crippen molar-refractivity contribution in [2.45, 2.75) is 18.9 Å². The highest BCUT2D eigenvalue weighted by Crippen LogP contribution is 2.10. The third kappa shape index (κ3) is 5.79. The molecule has 0 spiro atoms. The van der Waals surface area contributed by atoms with Crippen LogP contribution < -0.4 is 5.14 Å². The summed E-state index contributed by atoms with van der Waals surface area (Å²) in [5.74, 6) is -0.337. The fraction of sp³-hybridized carbons (Fsp3) is 0.278. The molecular weight excluding hydrogens is 324 g/mol. The molecule has 0 saturated carbocycles. The number of nitrogens with zero attached hydrogens (tertiary/aromatic N) is 1. The Kier molecular flexibility index (Phi) is 6.52. The minimum atomic E-state index is -2.98. The van der Waals surface area contributed by atoms with Crippen LogP contribution in [0, 0.1) is 0 Å². The summed E-state index contributed by atoms with van der Waals surface area (Å²) >= 11 is 0. The molecule has 6 heteroatoms. The number of rotatable bonds is 7. The van der Waals surface area contributed by atoms with Gasteiger partial charge in [-0.1, -0.05) is 60.7 Å². The van der Waals surface area contributed by atoms with Crippen molar-refractivity contribution in [3.05, 3.63) is 71.8 Å². The van der Waals surface area contributed by atoms with E-state index in [1.165, 1.54) is 7.11 Å². The minimum Gasteiger partial charge on any atom is -0.467 e. The Morgan fingerprint density at radius 3 is 2.17 bits per heavy atom. The largest absolute Gasteiger partial charge is 0.467 e. The van der Waals surface area contributed by atoms with Crippen molar-refractivity contribution in [2.24, 2.45) is 9.50 Å². The molecule has 0 saturated heterocycles. The zero-order valence-electron chi connectivity index (χ0n) is 13.6. The molecule has 0 bridgehead atoms. The van der Waals surface area contributed by atoms with E-state index in [2.05, 4.69) is 4.36 Å². The summed E-state index contributed by atoms with van der Waals surface area (Å²) in [4.78, 5) is 12.0.